The van der Waals surface area contributed by atoms with Crippen LogP contribution in [0.4, 0.5) is 0 Å². The minimum atomic E-state index is -1.13. The molecule has 2 heterocycles. The number of rotatable bonds is 5. The molecule has 1 aliphatic heterocycles. The summed E-state index contributed by atoms with van der Waals surface area (Å²) in [7, 11) is 0. The van der Waals surface area contributed by atoms with Crippen molar-refractivity contribution in [3.63, 3.8) is 0 Å². The van der Waals surface area contributed by atoms with Gasteiger partial charge >= 0.3 is 0 Å². The number of amides is 1. The van der Waals surface area contributed by atoms with Gasteiger partial charge in [0, 0.05) is 18.6 Å². The van der Waals surface area contributed by atoms with Crippen LogP contribution in [0.15, 0.2) is 27.7 Å². The van der Waals surface area contributed by atoms with E-state index in [0.29, 0.717) is 21.4 Å². The predicted octanol–water partition coefficient (Wildman–Crippen LogP) is 1.01. The summed E-state index contributed by atoms with van der Waals surface area (Å²) in [6, 6.07) is 3.47. The van der Waals surface area contributed by atoms with Gasteiger partial charge < -0.3 is 14.3 Å². The van der Waals surface area contributed by atoms with Crippen LogP contribution in [0.1, 0.15) is 18.6 Å². The van der Waals surface area contributed by atoms with E-state index in [0.717, 1.165) is 0 Å². The van der Waals surface area contributed by atoms with Crippen molar-refractivity contribution in [1.82, 2.24) is 4.90 Å². The average Bonchev–Trinajstić information content (AvgIpc) is 2.93. The maximum atomic E-state index is 12.1. The first-order valence-corrected chi connectivity index (χ1v) is 6.79. The van der Waals surface area contributed by atoms with Gasteiger partial charge in [-0.25, -0.2) is 0 Å². The van der Waals surface area contributed by atoms with Crippen LogP contribution in [0.2, 0.25) is 0 Å². The van der Waals surface area contributed by atoms with Gasteiger partial charge in [-0.3, -0.25) is 9.69 Å². The number of carboxylic acid groups (broad SMARTS) is 1. The number of furan rings is 1. The van der Waals surface area contributed by atoms with Crippen molar-refractivity contribution in [1.29, 1.82) is 0 Å². The highest BCUT2D eigenvalue weighted by molar-refractivity contribution is 8.26. The molecule has 5 nitrogen and oxygen atoms in total. The second-order valence-electron chi connectivity index (χ2n) is 3.82. The van der Waals surface area contributed by atoms with Crippen LogP contribution in [0.5, 0.6) is 0 Å². The highest BCUT2D eigenvalue weighted by atomic mass is 32.2. The Bertz CT molecular complexity index is 536. The fraction of sp³-hybridized carbons (Fsp3) is 0.250. The van der Waals surface area contributed by atoms with Gasteiger partial charge in [0.25, 0.3) is 5.91 Å². The van der Waals surface area contributed by atoms with Crippen LogP contribution < -0.4 is 5.11 Å². The molecule has 7 heteroatoms. The Kier molecular flexibility index (Phi) is 4.39. The second kappa shape index (κ2) is 6.03. The number of carboxylic acids is 1. The lowest BCUT2D eigenvalue weighted by atomic mass is 10.3. The van der Waals surface area contributed by atoms with E-state index in [1.54, 1.807) is 18.2 Å². The van der Waals surface area contributed by atoms with Crippen LogP contribution in [0.3, 0.4) is 0 Å². The molecule has 1 fully saturated rings. The van der Waals surface area contributed by atoms with Crippen molar-refractivity contribution in [2.45, 2.75) is 12.8 Å². The molecule has 0 aromatic carbocycles. The third-order valence-corrected chi connectivity index (χ3v) is 3.83. The summed E-state index contributed by atoms with van der Waals surface area (Å²) in [5.74, 6) is -0.767. The number of carbonyl (C=O) groups is 2. The summed E-state index contributed by atoms with van der Waals surface area (Å²) in [5, 5.41) is 10.3. The summed E-state index contributed by atoms with van der Waals surface area (Å²) in [6.07, 6.45) is 3.38. The van der Waals surface area contributed by atoms with E-state index in [-0.39, 0.29) is 18.9 Å². The molecule has 1 aliphatic rings. The molecule has 19 heavy (non-hydrogen) atoms. The smallest absolute Gasteiger partial charge is 0.266 e. The quantitative estimate of drug-likeness (QED) is 0.596. The lowest BCUT2D eigenvalue weighted by Gasteiger charge is -2.14. The number of hydrogen-bond donors (Lipinski definition) is 0. The van der Waals surface area contributed by atoms with Crippen molar-refractivity contribution < 1.29 is 19.1 Å². The minimum Gasteiger partial charge on any atom is -0.550 e. The molecule has 0 unspecified atom stereocenters. The van der Waals surface area contributed by atoms with Crippen LogP contribution in [-0.4, -0.2) is 27.6 Å². The van der Waals surface area contributed by atoms with E-state index in [2.05, 4.69) is 0 Å². The van der Waals surface area contributed by atoms with Gasteiger partial charge in [0.1, 0.15) is 10.1 Å². The molecular formula is C12H10NO4S2-. The standard InChI is InChI=1S/C12H11NO4S2/c14-10(15)4-1-5-13-11(16)9(19-12(13)18)7-8-3-2-6-17-8/h2-3,6-7H,1,4-5H2,(H,14,15)/p-1/b9-7+. The maximum Gasteiger partial charge on any atom is 0.266 e. The minimum absolute atomic E-state index is 0.0890. The zero-order valence-corrected chi connectivity index (χ0v) is 11.5. The topological polar surface area (TPSA) is 73.6 Å². The van der Waals surface area contributed by atoms with Crippen molar-refractivity contribution in [3.05, 3.63) is 29.1 Å². The Morgan fingerprint density at radius 2 is 2.37 bits per heavy atom. The molecule has 0 atom stereocenters. The van der Waals surface area contributed by atoms with Crippen molar-refractivity contribution in [2.75, 3.05) is 6.54 Å². The number of aliphatic carboxylic acids is 1. The molecule has 0 N–H and O–H groups in total. The number of nitrogens with zero attached hydrogens (tertiary/aromatic N) is 1. The van der Waals surface area contributed by atoms with Crippen molar-refractivity contribution in [3.8, 4) is 0 Å². The molecular weight excluding hydrogens is 286 g/mol. The first kappa shape index (κ1) is 13.8. The highest BCUT2D eigenvalue weighted by Gasteiger charge is 2.31. The Hall–Kier alpha value is -1.60. The van der Waals surface area contributed by atoms with E-state index in [4.69, 9.17) is 16.6 Å². The van der Waals surface area contributed by atoms with Gasteiger partial charge in [0.2, 0.25) is 0 Å². The zero-order valence-electron chi connectivity index (χ0n) is 9.83. The normalized spacial score (nSPS) is 17.5. The molecule has 0 saturated carbocycles. The van der Waals surface area contributed by atoms with Gasteiger partial charge in [0.05, 0.1) is 11.2 Å². The van der Waals surface area contributed by atoms with Crippen LogP contribution in [0, 0.1) is 0 Å². The maximum absolute atomic E-state index is 12.1. The predicted molar refractivity (Wildman–Crippen MR) is 72.8 cm³/mol. The number of thiocarbonyl (C=S) groups is 1. The molecule has 0 aliphatic carbocycles. The third kappa shape index (κ3) is 3.45. The van der Waals surface area contributed by atoms with Crippen molar-refractivity contribution in [2.24, 2.45) is 0 Å². The van der Waals surface area contributed by atoms with Gasteiger partial charge in [-0.05, 0) is 25.0 Å². The first-order chi connectivity index (χ1) is 9.08. The van der Waals surface area contributed by atoms with Gasteiger partial charge in [-0.15, -0.1) is 0 Å². The summed E-state index contributed by atoms with van der Waals surface area (Å²) in [5.41, 5.74) is 0. The molecule has 1 saturated heterocycles. The Morgan fingerprint density at radius 1 is 1.58 bits per heavy atom. The highest BCUT2D eigenvalue weighted by Crippen LogP contribution is 2.32. The average molecular weight is 296 g/mol. The molecule has 0 bridgehead atoms. The van der Waals surface area contributed by atoms with Crippen molar-refractivity contribution >= 4 is 46.3 Å². The third-order valence-electron chi connectivity index (χ3n) is 2.45. The summed E-state index contributed by atoms with van der Waals surface area (Å²) in [6.45, 7) is 0.286. The summed E-state index contributed by atoms with van der Waals surface area (Å²) in [4.78, 5) is 24.3. The lowest BCUT2D eigenvalue weighted by molar-refractivity contribution is -0.305. The van der Waals surface area contributed by atoms with Gasteiger partial charge in [0.15, 0.2) is 0 Å². The lowest BCUT2D eigenvalue weighted by Crippen LogP contribution is -2.30. The summed E-state index contributed by atoms with van der Waals surface area (Å²) >= 11 is 6.29. The number of hydrogen-bond acceptors (Lipinski definition) is 6. The van der Waals surface area contributed by atoms with Crippen LogP contribution in [-0.2, 0) is 9.59 Å². The molecule has 0 spiro atoms. The summed E-state index contributed by atoms with van der Waals surface area (Å²) < 4.78 is 5.57. The fourth-order valence-electron chi connectivity index (χ4n) is 1.58. The fourth-order valence-corrected chi connectivity index (χ4v) is 2.87. The SMILES string of the molecule is O=C([O-])CCCN1C(=O)/C(=C\c2ccco2)SC1=S. The van der Waals surface area contributed by atoms with Gasteiger partial charge in [-0.2, -0.15) is 0 Å². The number of thioether (sulfide) groups is 1. The largest absolute Gasteiger partial charge is 0.550 e. The first-order valence-electron chi connectivity index (χ1n) is 5.56. The molecule has 1 aromatic heterocycles. The van der Waals surface area contributed by atoms with E-state index >= 15 is 0 Å². The van der Waals surface area contributed by atoms with Crippen LogP contribution >= 0.6 is 24.0 Å². The Labute approximate surface area is 119 Å². The Morgan fingerprint density at radius 3 is 3.00 bits per heavy atom. The van der Waals surface area contributed by atoms with Crippen LogP contribution in [0.25, 0.3) is 6.08 Å². The van der Waals surface area contributed by atoms with E-state index in [9.17, 15) is 14.7 Å². The van der Waals surface area contributed by atoms with Gasteiger partial charge in [-0.1, -0.05) is 24.0 Å². The molecule has 100 valence electrons. The van der Waals surface area contributed by atoms with E-state index in [1.165, 1.54) is 22.9 Å². The second-order valence-corrected chi connectivity index (χ2v) is 5.50. The Balaban J connectivity index is 2.02. The van der Waals surface area contributed by atoms with E-state index in [1.807, 2.05) is 0 Å². The monoisotopic (exact) mass is 296 g/mol. The van der Waals surface area contributed by atoms with E-state index < -0.39 is 5.97 Å². The number of carbonyl (C=O) groups excluding carboxylic acids is 2. The molecule has 0 radical (unpaired) electrons. The zero-order chi connectivity index (χ0) is 13.8. The molecule has 1 amide bonds. The molecule has 2 rings (SSSR count). The molecule has 1 aromatic rings.